The third kappa shape index (κ3) is 5.05. The number of piperidine rings is 1. The van der Waals surface area contributed by atoms with E-state index in [-0.39, 0.29) is 12.1 Å². The number of hydrogen-bond donors (Lipinski definition) is 0. The maximum Gasteiger partial charge on any atom is 0.160 e. The van der Waals surface area contributed by atoms with Crippen LogP contribution in [0, 0.1) is 11.8 Å². The highest BCUT2D eigenvalue weighted by molar-refractivity contribution is 5.96. The van der Waals surface area contributed by atoms with Gasteiger partial charge in [-0.2, -0.15) is 0 Å². The van der Waals surface area contributed by atoms with Crippen molar-refractivity contribution in [3.8, 4) is 0 Å². The molecular formula is C21H33NO3. The maximum atomic E-state index is 12.0. The van der Waals surface area contributed by atoms with E-state index in [1.165, 1.54) is 11.3 Å². The fourth-order valence-corrected chi connectivity index (χ4v) is 3.72. The number of anilines is 1. The van der Waals surface area contributed by atoms with E-state index in [0.29, 0.717) is 11.8 Å². The van der Waals surface area contributed by atoms with Crippen LogP contribution in [0.4, 0.5) is 5.69 Å². The summed E-state index contributed by atoms with van der Waals surface area (Å²) in [6.45, 7) is 8.11. The molecule has 4 nitrogen and oxygen atoms in total. The van der Waals surface area contributed by atoms with Crippen molar-refractivity contribution < 1.29 is 14.3 Å². The van der Waals surface area contributed by atoms with Gasteiger partial charge in [0.05, 0.1) is 0 Å². The van der Waals surface area contributed by atoms with E-state index in [9.17, 15) is 4.79 Å². The summed E-state index contributed by atoms with van der Waals surface area (Å²) in [7, 11) is 3.42. The number of hydrogen-bond acceptors (Lipinski definition) is 4. The number of rotatable bonds is 8. The predicted molar refractivity (Wildman–Crippen MR) is 102 cm³/mol. The zero-order valence-electron chi connectivity index (χ0n) is 16.4. The van der Waals surface area contributed by atoms with Crippen molar-refractivity contribution in [3.05, 3.63) is 29.3 Å². The molecule has 0 saturated carbocycles. The quantitative estimate of drug-likeness (QED) is 0.519. The minimum absolute atomic E-state index is 0.108. The van der Waals surface area contributed by atoms with E-state index >= 15 is 0 Å². The molecule has 2 rings (SSSR count). The van der Waals surface area contributed by atoms with Gasteiger partial charge in [-0.15, -0.1) is 0 Å². The first kappa shape index (κ1) is 19.9. The standard InChI is InChI=1S/C21H33NO3/c1-6-15(2)13-18-14-19(7-8-20(18)16(3)23)22-11-9-17(10-12-22)21(24-4)25-5/h7-8,14-15,17,21H,6,9-13H2,1-5H3. The molecule has 4 heteroatoms. The number of benzene rings is 1. The molecule has 0 N–H and O–H groups in total. The monoisotopic (exact) mass is 347 g/mol. The molecule has 1 aliphatic rings. The van der Waals surface area contributed by atoms with Crippen LogP contribution in [0.25, 0.3) is 0 Å². The number of methoxy groups -OCH3 is 2. The molecule has 1 heterocycles. The fourth-order valence-electron chi connectivity index (χ4n) is 3.72. The van der Waals surface area contributed by atoms with E-state index < -0.39 is 0 Å². The number of carbonyl (C=O) groups is 1. The Morgan fingerprint density at radius 2 is 1.88 bits per heavy atom. The lowest BCUT2D eigenvalue weighted by Crippen LogP contribution is -2.39. The van der Waals surface area contributed by atoms with E-state index in [1.54, 1.807) is 21.1 Å². The normalized spacial score (nSPS) is 17.1. The highest BCUT2D eigenvalue weighted by atomic mass is 16.7. The van der Waals surface area contributed by atoms with Gasteiger partial charge < -0.3 is 14.4 Å². The molecule has 0 aliphatic carbocycles. The number of ketones is 1. The summed E-state index contributed by atoms with van der Waals surface area (Å²) in [4.78, 5) is 14.4. The van der Waals surface area contributed by atoms with Crippen LogP contribution in [-0.4, -0.2) is 39.4 Å². The molecule has 1 aromatic rings. The van der Waals surface area contributed by atoms with Crippen molar-refractivity contribution in [2.75, 3.05) is 32.2 Å². The summed E-state index contributed by atoms with van der Waals surface area (Å²) in [5.74, 6) is 1.19. The Morgan fingerprint density at radius 3 is 2.40 bits per heavy atom. The van der Waals surface area contributed by atoms with Crippen LogP contribution >= 0.6 is 0 Å². The molecule has 1 aliphatic heterocycles. The molecule has 0 radical (unpaired) electrons. The number of carbonyl (C=O) groups excluding carboxylic acids is 1. The molecule has 1 saturated heterocycles. The lowest BCUT2D eigenvalue weighted by atomic mass is 9.92. The van der Waals surface area contributed by atoms with E-state index in [1.807, 2.05) is 6.07 Å². The van der Waals surface area contributed by atoms with Crippen molar-refractivity contribution >= 4 is 11.5 Å². The molecule has 0 amide bonds. The highest BCUT2D eigenvalue weighted by Crippen LogP contribution is 2.29. The highest BCUT2D eigenvalue weighted by Gasteiger charge is 2.27. The summed E-state index contributed by atoms with van der Waals surface area (Å²) < 4.78 is 10.8. The summed E-state index contributed by atoms with van der Waals surface area (Å²) in [6, 6.07) is 6.34. The van der Waals surface area contributed by atoms with Crippen LogP contribution in [0.1, 0.15) is 56.0 Å². The molecule has 1 atom stereocenters. The molecule has 1 unspecified atom stereocenters. The number of ether oxygens (including phenoxy) is 2. The first-order chi connectivity index (χ1) is 12.0. The summed E-state index contributed by atoms with van der Waals surface area (Å²) in [6.07, 6.45) is 4.10. The molecule has 140 valence electrons. The van der Waals surface area contributed by atoms with Crippen molar-refractivity contribution in [2.45, 2.75) is 52.7 Å². The van der Waals surface area contributed by atoms with Crippen LogP contribution in [0.2, 0.25) is 0 Å². The van der Waals surface area contributed by atoms with Gasteiger partial charge in [0.2, 0.25) is 0 Å². The first-order valence-corrected chi connectivity index (χ1v) is 9.44. The average molecular weight is 347 g/mol. The molecule has 1 fully saturated rings. The minimum atomic E-state index is -0.108. The van der Waals surface area contributed by atoms with Gasteiger partial charge in [0.1, 0.15) is 0 Å². The van der Waals surface area contributed by atoms with Crippen LogP contribution in [0.15, 0.2) is 18.2 Å². The lowest BCUT2D eigenvalue weighted by molar-refractivity contribution is -0.141. The molecule has 0 aromatic heterocycles. The van der Waals surface area contributed by atoms with Crippen LogP contribution in [0.5, 0.6) is 0 Å². The van der Waals surface area contributed by atoms with Gasteiger partial charge in [-0.1, -0.05) is 20.3 Å². The summed E-state index contributed by atoms with van der Waals surface area (Å²) in [5, 5.41) is 0. The van der Waals surface area contributed by atoms with Crippen molar-refractivity contribution in [1.82, 2.24) is 0 Å². The number of nitrogens with zero attached hydrogens (tertiary/aromatic N) is 1. The second-order valence-corrected chi connectivity index (χ2v) is 7.28. The molecule has 1 aromatic carbocycles. The Kier molecular flexibility index (Phi) is 7.45. The largest absolute Gasteiger partial charge is 0.372 e. The zero-order chi connectivity index (χ0) is 18.4. The van der Waals surface area contributed by atoms with Gasteiger partial charge in [0.15, 0.2) is 12.1 Å². The third-order valence-corrected chi connectivity index (χ3v) is 5.49. The SMILES string of the molecule is CCC(C)Cc1cc(N2CCC(C(OC)OC)CC2)ccc1C(C)=O. The lowest BCUT2D eigenvalue weighted by Gasteiger charge is -2.36. The Bertz CT molecular complexity index is 560. The third-order valence-electron chi connectivity index (χ3n) is 5.49. The van der Waals surface area contributed by atoms with E-state index in [0.717, 1.165) is 44.3 Å². The Labute approximate surface area is 152 Å². The Hall–Kier alpha value is -1.39. The van der Waals surface area contributed by atoms with Crippen LogP contribution in [0.3, 0.4) is 0 Å². The van der Waals surface area contributed by atoms with Crippen molar-refractivity contribution in [1.29, 1.82) is 0 Å². The van der Waals surface area contributed by atoms with Gasteiger partial charge in [-0.05, 0) is 55.9 Å². The molecule has 0 bridgehead atoms. The molecule has 25 heavy (non-hydrogen) atoms. The van der Waals surface area contributed by atoms with E-state index in [4.69, 9.17) is 9.47 Å². The molecule has 0 spiro atoms. The fraction of sp³-hybridized carbons (Fsp3) is 0.667. The van der Waals surface area contributed by atoms with Crippen LogP contribution < -0.4 is 4.90 Å². The van der Waals surface area contributed by atoms with Gasteiger partial charge in [-0.3, -0.25) is 4.79 Å². The second kappa shape index (κ2) is 9.35. The van der Waals surface area contributed by atoms with E-state index in [2.05, 4.69) is 30.9 Å². The average Bonchev–Trinajstić information content (AvgIpc) is 2.63. The Balaban J connectivity index is 2.12. The topological polar surface area (TPSA) is 38.8 Å². The van der Waals surface area contributed by atoms with Crippen LogP contribution in [-0.2, 0) is 15.9 Å². The number of Topliss-reactive ketones (excluding diaryl/α,β-unsaturated/α-hetero) is 1. The Morgan fingerprint density at radius 1 is 1.24 bits per heavy atom. The minimum Gasteiger partial charge on any atom is -0.372 e. The zero-order valence-corrected chi connectivity index (χ0v) is 16.4. The maximum absolute atomic E-state index is 12.0. The first-order valence-electron chi connectivity index (χ1n) is 9.44. The van der Waals surface area contributed by atoms with Gasteiger partial charge in [0, 0.05) is 44.5 Å². The predicted octanol–water partition coefficient (Wildman–Crippen LogP) is 4.31. The van der Waals surface area contributed by atoms with Gasteiger partial charge in [-0.25, -0.2) is 0 Å². The summed E-state index contributed by atoms with van der Waals surface area (Å²) >= 11 is 0. The van der Waals surface area contributed by atoms with Crippen molar-refractivity contribution in [2.24, 2.45) is 11.8 Å². The van der Waals surface area contributed by atoms with Crippen molar-refractivity contribution in [3.63, 3.8) is 0 Å². The smallest absolute Gasteiger partial charge is 0.160 e. The van der Waals surface area contributed by atoms with Gasteiger partial charge >= 0.3 is 0 Å². The van der Waals surface area contributed by atoms with Gasteiger partial charge in [0.25, 0.3) is 0 Å². The second-order valence-electron chi connectivity index (χ2n) is 7.28. The molecular weight excluding hydrogens is 314 g/mol. The summed E-state index contributed by atoms with van der Waals surface area (Å²) in [5.41, 5.74) is 3.29.